The molecule has 1 aromatic rings. The van der Waals surface area contributed by atoms with Gasteiger partial charge in [-0.2, -0.15) is 0 Å². The lowest BCUT2D eigenvalue weighted by Gasteiger charge is -2.31. The average Bonchev–Trinajstić information content (AvgIpc) is 2.91. The molecule has 2 amide bonds. The molecule has 1 aromatic carbocycles. The molecule has 1 atom stereocenters. The predicted molar refractivity (Wildman–Crippen MR) is 102 cm³/mol. The molecule has 0 saturated carbocycles. The Morgan fingerprint density at radius 3 is 2.52 bits per heavy atom. The van der Waals surface area contributed by atoms with E-state index in [1.54, 1.807) is 4.90 Å². The van der Waals surface area contributed by atoms with Crippen LogP contribution < -0.4 is 5.32 Å². The average molecular weight is 368 g/mol. The van der Waals surface area contributed by atoms with Gasteiger partial charge in [-0.25, -0.2) is 13.2 Å². The van der Waals surface area contributed by atoms with Crippen molar-refractivity contribution in [2.45, 2.75) is 33.2 Å². The molecule has 0 bridgehead atoms. The second-order valence-electron chi connectivity index (χ2n) is 6.58. The van der Waals surface area contributed by atoms with Gasteiger partial charge in [-0.15, -0.1) is 0 Å². The van der Waals surface area contributed by atoms with Gasteiger partial charge in [-0.05, 0) is 44.1 Å². The molecule has 1 aliphatic rings. The summed E-state index contributed by atoms with van der Waals surface area (Å²) in [5.74, 6) is 0.226. The number of hydrogen-bond donors (Lipinski definition) is 1. The maximum atomic E-state index is 12.8. The standard InChI is InChI=1S/C18H29N3O3S/c1-4-20(5-2)10-11-21(17-9-12-25(23,24)14-17)18(22)19-16-8-6-7-15(3)13-16/h6-8,13,17H,4-5,9-12,14H2,1-3H3,(H,19,22)/t17-/m1/s1. The molecule has 7 heteroatoms. The van der Waals surface area contributed by atoms with Crippen LogP contribution >= 0.6 is 0 Å². The van der Waals surface area contributed by atoms with Gasteiger partial charge in [0.2, 0.25) is 0 Å². The minimum absolute atomic E-state index is 0.0620. The van der Waals surface area contributed by atoms with Crippen LogP contribution in [0.2, 0.25) is 0 Å². The number of nitrogens with zero attached hydrogens (tertiary/aromatic N) is 2. The number of carbonyl (C=O) groups excluding carboxylic acids is 1. The molecule has 0 aliphatic carbocycles. The summed E-state index contributed by atoms with van der Waals surface area (Å²) in [5.41, 5.74) is 1.80. The largest absolute Gasteiger partial charge is 0.322 e. The lowest BCUT2D eigenvalue weighted by atomic mass is 10.2. The van der Waals surface area contributed by atoms with E-state index in [4.69, 9.17) is 0 Å². The van der Waals surface area contributed by atoms with Crippen molar-refractivity contribution in [3.8, 4) is 0 Å². The number of benzene rings is 1. The van der Waals surface area contributed by atoms with Gasteiger partial charge < -0.3 is 15.1 Å². The third kappa shape index (κ3) is 5.71. The lowest BCUT2D eigenvalue weighted by Crippen LogP contribution is -2.47. The fourth-order valence-corrected chi connectivity index (χ4v) is 4.91. The highest BCUT2D eigenvalue weighted by molar-refractivity contribution is 7.91. The van der Waals surface area contributed by atoms with Crippen molar-refractivity contribution in [1.29, 1.82) is 0 Å². The van der Waals surface area contributed by atoms with E-state index in [0.29, 0.717) is 13.0 Å². The van der Waals surface area contributed by atoms with Crippen molar-refractivity contribution in [2.24, 2.45) is 0 Å². The van der Waals surface area contributed by atoms with E-state index in [-0.39, 0.29) is 23.6 Å². The first kappa shape index (κ1) is 19.7. The van der Waals surface area contributed by atoms with E-state index < -0.39 is 9.84 Å². The van der Waals surface area contributed by atoms with Gasteiger partial charge in [-0.1, -0.05) is 26.0 Å². The summed E-state index contributed by atoms with van der Waals surface area (Å²) in [6.45, 7) is 9.22. The van der Waals surface area contributed by atoms with Crippen LogP contribution in [0.1, 0.15) is 25.8 Å². The van der Waals surface area contributed by atoms with Crippen molar-refractivity contribution in [1.82, 2.24) is 9.80 Å². The third-order valence-corrected chi connectivity index (χ3v) is 6.48. The Morgan fingerprint density at radius 2 is 1.96 bits per heavy atom. The number of carbonyl (C=O) groups is 1. The molecule has 1 N–H and O–H groups in total. The summed E-state index contributed by atoms with van der Waals surface area (Å²) < 4.78 is 23.7. The van der Waals surface area contributed by atoms with Gasteiger partial charge in [0.15, 0.2) is 9.84 Å². The Kier molecular flexibility index (Phi) is 6.84. The molecular formula is C18H29N3O3S. The fraction of sp³-hybridized carbons (Fsp3) is 0.611. The summed E-state index contributed by atoms with van der Waals surface area (Å²) in [7, 11) is -3.04. The number of hydrogen-bond acceptors (Lipinski definition) is 4. The third-order valence-electron chi connectivity index (χ3n) is 4.73. The molecule has 0 radical (unpaired) electrons. The van der Waals surface area contributed by atoms with Crippen molar-refractivity contribution < 1.29 is 13.2 Å². The Hall–Kier alpha value is -1.60. The van der Waals surface area contributed by atoms with Crippen LogP contribution in [0.4, 0.5) is 10.5 Å². The number of likely N-dealkylation sites (N-methyl/N-ethyl adjacent to an activating group) is 1. The predicted octanol–water partition coefficient (Wildman–Crippen LogP) is 2.36. The first-order valence-corrected chi connectivity index (χ1v) is 10.7. The summed E-state index contributed by atoms with van der Waals surface area (Å²) in [4.78, 5) is 16.7. The van der Waals surface area contributed by atoms with Gasteiger partial charge in [0.25, 0.3) is 0 Å². The smallest absolute Gasteiger partial charge is 0.319 e. The fourth-order valence-electron chi connectivity index (χ4n) is 3.18. The number of urea groups is 1. The molecule has 2 rings (SSSR count). The van der Waals surface area contributed by atoms with Crippen LogP contribution in [-0.4, -0.2) is 68.0 Å². The van der Waals surface area contributed by atoms with Crippen LogP contribution in [0, 0.1) is 6.92 Å². The van der Waals surface area contributed by atoms with Crippen LogP contribution in [0.3, 0.4) is 0 Å². The van der Waals surface area contributed by atoms with Crippen LogP contribution in [0.15, 0.2) is 24.3 Å². The Bertz CT molecular complexity index is 687. The molecule has 25 heavy (non-hydrogen) atoms. The zero-order chi connectivity index (χ0) is 18.4. The van der Waals surface area contributed by atoms with Gasteiger partial charge in [0.1, 0.15) is 0 Å². The van der Waals surface area contributed by atoms with Crippen molar-refractivity contribution in [3.63, 3.8) is 0 Å². The van der Waals surface area contributed by atoms with E-state index in [9.17, 15) is 13.2 Å². The number of anilines is 1. The quantitative estimate of drug-likeness (QED) is 0.803. The molecule has 1 aliphatic heterocycles. The molecule has 0 aromatic heterocycles. The molecule has 0 spiro atoms. The summed E-state index contributed by atoms with van der Waals surface area (Å²) in [6, 6.07) is 7.15. The normalized spacial score (nSPS) is 19.1. The second-order valence-corrected chi connectivity index (χ2v) is 8.81. The van der Waals surface area contributed by atoms with Gasteiger partial charge in [0.05, 0.1) is 11.5 Å². The number of sulfone groups is 1. The topological polar surface area (TPSA) is 69.7 Å². The lowest BCUT2D eigenvalue weighted by molar-refractivity contribution is 0.178. The highest BCUT2D eigenvalue weighted by Crippen LogP contribution is 2.19. The molecule has 6 nitrogen and oxygen atoms in total. The number of aryl methyl sites for hydroxylation is 1. The molecule has 140 valence electrons. The van der Waals surface area contributed by atoms with Crippen molar-refractivity contribution >= 4 is 21.6 Å². The molecule has 1 saturated heterocycles. The first-order chi connectivity index (χ1) is 11.8. The van der Waals surface area contributed by atoms with E-state index in [1.165, 1.54) is 0 Å². The van der Waals surface area contributed by atoms with Crippen molar-refractivity contribution in [3.05, 3.63) is 29.8 Å². The maximum Gasteiger partial charge on any atom is 0.322 e. The monoisotopic (exact) mass is 367 g/mol. The Morgan fingerprint density at radius 1 is 1.24 bits per heavy atom. The van der Waals surface area contributed by atoms with Crippen LogP contribution in [0.5, 0.6) is 0 Å². The zero-order valence-electron chi connectivity index (χ0n) is 15.4. The van der Waals surface area contributed by atoms with Gasteiger partial charge >= 0.3 is 6.03 Å². The van der Waals surface area contributed by atoms with Crippen LogP contribution in [0.25, 0.3) is 0 Å². The zero-order valence-corrected chi connectivity index (χ0v) is 16.2. The minimum atomic E-state index is -3.04. The summed E-state index contributed by atoms with van der Waals surface area (Å²) >= 11 is 0. The van der Waals surface area contributed by atoms with Gasteiger partial charge in [-0.3, -0.25) is 0 Å². The second kappa shape index (κ2) is 8.67. The summed E-state index contributed by atoms with van der Waals surface area (Å²) in [6.07, 6.45) is 0.516. The van der Waals surface area contributed by atoms with E-state index >= 15 is 0 Å². The number of rotatable bonds is 7. The van der Waals surface area contributed by atoms with Crippen molar-refractivity contribution in [2.75, 3.05) is 43.0 Å². The summed E-state index contributed by atoms with van der Waals surface area (Å²) in [5, 5.41) is 2.92. The highest BCUT2D eigenvalue weighted by Gasteiger charge is 2.34. The number of amides is 2. The Balaban J connectivity index is 2.10. The maximum absolute atomic E-state index is 12.8. The van der Waals surface area contributed by atoms with Crippen LogP contribution in [-0.2, 0) is 9.84 Å². The molecule has 0 unspecified atom stereocenters. The molecule has 1 fully saturated rings. The molecule has 1 heterocycles. The van der Waals surface area contributed by atoms with E-state index in [2.05, 4.69) is 24.1 Å². The number of nitrogens with one attached hydrogen (secondary N) is 1. The van der Waals surface area contributed by atoms with Gasteiger partial charge in [0, 0.05) is 24.8 Å². The SMILES string of the molecule is CCN(CC)CCN(C(=O)Nc1cccc(C)c1)[C@@H]1CCS(=O)(=O)C1. The van der Waals surface area contributed by atoms with E-state index in [0.717, 1.165) is 30.9 Å². The minimum Gasteiger partial charge on any atom is -0.319 e. The van der Waals surface area contributed by atoms with E-state index in [1.807, 2.05) is 31.2 Å². The highest BCUT2D eigenvalue weighted by atomic mass is 32.2. The Labute approximate surface area is 151 Å². The first-order valence-electron chi connectivity index (χ1n) is 8.91. The molecular weight excluding hydrogens is 338 g/mol.